The van der Waals surface area contributed by atoms with Crippen LogP contribution in [0.3, 0.4) is 0 Å². The SMILES string of the molecule is CC(CC(=O)N(C)C)Nc1ccc(Br)cc1. The number of carbonyl (C=O) groups excluding carboxylic acids is 1. The Morgan fingerprint density at radius 2 is 1.94 bits per heavy atom. The second-order valence-electron chi connectivity index (χ2n) is 4.04. The van der Waals surface area contributed by atoms with Crippen molar-refractivity contribution >= 4 is 27.5 Å². The third-order valence-corrected chi connectivity index (χ3v) is 2.77. The molecular formula is C12H17BrN2O. The van der Waals surface area contributed by atoms with Crippen LogP contribution in [0.5, 0.6) is 0 Å². The van der Waals surface area contributed by atoms with Crippen LogP contribution in [0.4, 0.5) is 5.69 Å². The minimum atomic E-state index is 0.135. The average molecular weight is 285 g/mol. The van der Waals surface area contributed by atoms with Crippen LogP contribution in [0.1, 0.15) is 13.3 Å². The van der Waals surface area contributed by atoms with Gasteiger partial charge in [-0.3, -0.25) is 4.79 Å². The molecule has 0 aliphatic rings. The van der Waals surface area contributed by atoms with Crippen LogP contribution in [-0.2, 0) is 4.79 Å². The van der Waals surface area contributed by atoms with Gasteiger partial charge in [0, 0.05) is 36.7 Å². The zero-order valence-electron chi connectivity index (χ0n) is 9.83. The molecule has 1 aromatic carbocycles. The maximum atomic E-state index is 11.5. The van der Waals surface area contributed by atoms with Crippen LogP contribution in [0, 0.1) is 0 Å². The fourth-order valence-electron chi connectivity index (χ4n) is 1.33. The highest BCUT2D eigenvalue weighted by atomic mass is 79.9. The second-order valence-corrected chi connectivity index (χ2v) is 4.96. The molecule has 3 nitrogen and oxygen atoms in total. The van der Waals surface area contributed by atoms with Gasteiger partial charge in [0.15, 0.2) is 0 Å². The summed E-state index contributed by atoms with van der Waals surface area (Å²) < 4.78 is 1.05. The fourth-order valence-corrected chi connectivity index (χ4v) is 1.59. The first kappa shape index (κ1) is 13.0. The Kier molecular flexibility index (Phi) is 4.80. The molecule has 0 aromatic heterocycles. The molecule has 0 saturated carbocycles. The van der Waals surface area contributed by atoms with E-state index in [9.17, 15) is 4.79 Å². The predicted octanol–water partition coefficient (Wildman–Crippen LogP) is 2.73. The number of hydrogen-bond acceptors (Lipinski definition) is 2. The van der Waals surface area contributed by atoms with Crippen LogP contribution >= 0.6 is 15.9 Å². The maximum Gasteiger partial charge on any atom is 0.224 e. The second kappa shape index (κ2) is 5.89. The molecular weight excluding hydrogens is 268 g/mol. The lowest BCUT2D eigenvalue weighted by Gasteiger charge is -2.17. The molecule has 1 N–H and O–H groups in total. The molecule has 1 rings (SSSR count). The summed E-state index contributed by atoms with van der Waals surface area (Å²) >= 11 is 3.38. The first-order valence-electron chi connectivity index (χ1n) is 5.21. The number of hydrogen-bond donors (Lipinski definition) is 1. The van der Waals surface area contributed by atoms with Crippen molar-refractivity contribution in [3.8, 4) is 0 Å². The Morgan fingerprint density at radius 1 is 1.38 bits per heavy atom. The molecule has 0 aliphatic carbocycles. The van der Waals surface area contributed by atoms with Gasteiger partial charge >= 0.3 is 0 Å². The Balaban J connectivity index is 2.48. The minimum Gasteiger partial charge on any atom is -0.382 e. The monoisotopic (exact) mass is 284 g/mol. The van der Waals surface area contributed by atoms with Gasteiger partial charge in [-0.15, -0.1) is 0 Å². The van der Waals surface area contributed by atoms with E-state index in [0.717, 1.165) is 10.2 Å². The van der Waals surface area contributed by atoms with Crippen LogP contribution in [0.15, 0.2) is 28.7 Å². The van der Waals surface area contributed by atoms with Gasteiger partial charge in [-0.2, -0.15) is 0 Å². The molecule has 88 valence electrons. The summed E-state index contributed by atoms with van der Waals surface area (Å²) in [6.07, 6.45) is 0.503. The Hall–Kier alpha value is -1.03. The largest absolute Gasteiger partial charge is 0.382 e. The van der Waals surface area contributed by atoms with E-state index in [1.165, 1.54) is 0 Å². The third-order valence-electron chi connectivity index (χ3n) is 2.24. The van der Waals surface area contributed by atoms with Crippen molar-refractivity contribution in [1.29, 1.82) is 0 Å². The summed E-state index contributed by atoms with van der Waals surface area (Å²) in [5, 5.41) is 3.29. The van der Waals surface area contributed by atoms with Crippen LogP contribution in [-0.4, -0.2) is 30.9 Å². The van der Waals surface area contributed by atoms with Gasteiger partial charge in [0.25, 0.3) is 0 Å². The maximum absolute atomic E-state index is 11.5. The lowest BCUT2D eigenvalue weighted by atomic mass is 10.2. The van der Waals surface area contributed by atoms with Crippen LogP contribution in [0.2, 0.25) is 0 Å². The molecule has 1 unspecified atom stereocenters. The molecule has 0 heterocycles. The van der Waals surface area contributed by atoms with Crippen molar-refractivity contribution in [3.05, 3.63) is 28.7 Å². The summed E-state index contributed by atoms with van der Waals surface area (Å²) in [7, 11) is 3.55. The summed E-state index contributed by atoms with van der Waals surface area (Å²) in [6.45, 7) is 2.00. The standard InChI is InChI=1S/C12H17BrN2O/c1-9(8-12(16)15(2)3)14-11-6-4-10(13)5-7-11/h4-7,9,14H,8H2,1-3H3. The molecule has 0 bridgehead atoms. The van der Waals surface area contributed by atoms with Crippen molar-refractivity contribution in [3.63, 3.8) is 0 Å². The smallest absolute Gasteiger partial charge is 0.224 e. The quantitative estimate of drug-likeness (QED) is 0.922. The molecule has 0 spiro atoms. The van der Waals surface area contributed by atoms with E-state index in [-0.39, 0.29) is 11.9 Å². The first-order valence-corrected chi connectivity index (χ1v) is 6.00. The van der Waals surface area contributed by atoms with E-state index in [4.69, 9.17) is 0 Å². The van der Waals surface area contributed by atoms with Crippen molar-refractivity contribution in [2.45, 2.75) is 19.4 Å². The van der Waals surface area contributed by atoms with E-state index >= 15 is 0 Å². The van der Waals surface area contributed by atoms with E-state index in [1.807, 2.05) is 31.2 Å². The molecule has 1 atom stereocenters. The average Bonchev–Trinajstić information content (AvgIpc) is 2.21. The van der Waals surface area contributed by atoms with Gasteiger partial charge in [0.2, 0.25) is 5.91 Å². The molecule has 16 heavy (non-hydrogen) atoms. The molecule has 1 aromatic rings. The third kappa shape index (κ3) is 4.23. The highest BCUT2D eigenvalue weighted by Gasteiger charge is 2.10. The van der Waals surface area contributed by atoms with E-state index in [2.05, 4.69) is 21.2 Å². The predicted molar refractivity (Wildman–Crippen MR) is 70.5 cm³/mol. The lowest BCUT2D eigenvalue weighted by molar-refractivity contribution is -0.128. The zero-order valence-corrected chi connectivity index (χ0v) is 11.4. The van der Waals surface area contributed by atoms with Crippen molar-refractivity contribution in [1.82, 2.24) is 4.90 Å². The Labute approximate surface area is 105 Å². The summed E-state index contributed by atoms with van der Waals surface area (Å²) in [4.78, 5) is 13.1. The van der Waals surface area contributed by atoms with Crippen LogP contribution in [0.25, 0.3) is 0 Å². The topological polar surface area (TPSA) is 32.3 Å². The van der Waals surface area contributed by atoms with Crippen molar-refractivity contribution < 1.29 is 4.79 Å². The Bertz CT molecular complexity index is 349. The first-order chi connectivity index (χ1) is 7.49. The van der Waals surface area contributed by atoms with Crippen molar-refractivity contribution in [2.24, 2.45) is 0 Å². The Morgan fingerprint density at radius 3 is 2.44 bits per heavy atom. The van der Waals surface area contributed by atoms with Gasteiger partial charge in [-0.05, 0) is 31.2 Å². The summed E-state index contributed by atoms with van der Waals surface area (Å²) in [5.41, 5.74) is 1.03. The van der Waals surface area contributed by atoms with Gasteiger partial charge in [-0.1, -0.05) is 15.9 Å². The summed E-state index contributed by atoms with van der Waals surface area (Å²) in [5.74, 6) is 0.136. The molecule has 1 amide bonds. The van der Waals surface area contributed by atoms with Gasteiger partial charge in [0.1, 0.15) is 0 Å². The van der Waals surface area contributed by atoms with E-state index in [0.29, 0.717) is 6.42 Å². The number of nitrogens with zero attached hydrogens (tertiary/aromatic N) is 1. The number of amides is 1. The van der Waals surface area contributed by atoms with Gasteiger partial charge in [0.05, 0.1) is 0 Å². The van der Waals surface area contributed by atoms with E-state index in [1.54, 1.807) is 19.0 Å². The molecule has 4 heteroatoms. The molecule has 0 saturated heterocycles. The summed E-state index contributed by atoms with van der Waals surface area (Å²) in [6, 6.07) is 8.06. The lowest BCUT2D eigenvalue weighted by Crippen LogP contribution is -2.28. The normalized spacial score (nSPS) is 12.0. The number of benzene rings is 1. The molecule has 0 fully saturated rings. The minimum absolute atomic E-state index is 0.135. The number of rotatable bonds is 4. The van der Waals surface area contributed by atoms with Gasteiger partial charge in [-0.25, -0.2) is 0 Å². The van der Waals surface area contributed by atoms with E-state index < -0.39 is 0 Å². The van der Waals surface area contributed by atoms with Crippen LogP contribution < -0.4 is 5.32 Å². The number of halogens is 1. The number of carbonyl (C=O) groups is 1. The molecule has 0 radical (unpaired) electrons. The molecule has 0 aliphatic heterocycles. The fraction of sp³-hybridized carbons (Fsp3) is 0.417. The highest BCUT2D eigenvalue weighted by molar-refractivity contribution is 9.10. The number of anilines is 1. The highest BCUT2D eigenvalue weighted by Crippen LogP contribution is 2.15. The van der Waals surface area contributed by atoms with Gasteiger partial charge < -0.3 is 10.2 Å². The number of nitrogens with one attached hydrogen (secondary N) is 1. The van der Waals surface area contributed by atoms with Crippen molar-refractivity contribution in [2.75, 3.05) is 19.4 Å². The zero-order chi connectivity index (χ0) is 12.1.